The third kappa shape index (κ3) is 8.51. The van der Waals surface area contributed by atoms with Crippen LogP contribution < -0.4 is 0 Å². The van der Waals surface area contributed by atoms with E-state index in [4.69, 9.17) is 0 Å². The van der Waals surface area contributed by atoms with E-state index in [9.17, 15) is 0 Å². The van der Waals surface area contributed by atoms with Crippen molar-refractivity contribution in [2.75, 3.05) is 0 Å². The van der Waals surface area contributed by atoms with Crippen LogP contribution in [0.25, 0.3) is 16.8 Å². The molecule has 0 saturated heterocycles. The maximum absolute atomic E-state index is 4.59. The zero-order valence-electron chi connectivity index (χ0n) is 19.6. The first-order valence-corrected chi connectivity index (χ1v) is 10.6. The van der Waals surface area contributed by atoms with Gasteiger partial charge < -0.3 is 0 Å². The molecule has 0 unspecified atom stereocenters. The van der Waals surface area contributed by atoms with Crippen molar-refractivity contribution in [2.45, 2.75) is 75.2 Å². The number of aromatic nitrogens is 3. The predicted molar refractivity (Wildman–Crippen MR) is 129 cm³/mol. The quantitative estimate of drug-likeness (QED) is 0.372. The van der Waals surface area contributed by atoms with Crippen LogP contribution in [-0.2, 0) is 0 Å². The second kappa shape index (κ2) is 18.0. The second-order valence-electron chi connectivity index (χ2n) is 5.12. The lowest BCUT2D eigenvalue weighted by molar-refractivity contribution is 0.935. The van der Waals surface area contributed by atoms with Crippen molar-refractivity contribution in [3.63, 3.8) is 0 Å². The van der Waals surface area contributed by atoms with Crippen LogP contribution in [-0.4, -0.2) is 14.6 Å². The molecule has 0 atom stereocenters. The molecular weight excluding hydrogens is 342 g/mol. The Morgan fingerprint density at radius 2 is 1.64 bits per heavy atom. The van der Waals surface area contributed by atoms with E-state index in [-0.39, 0.29) is 0 Å². The van der Waals surface area contributed by atoms with Crippen molar-refractivity contribution in [3.8, 4) is 0 Å². The van der Waals surface area contributed by atoms with Gasteiger partial charge in [0.05, 0.1) is 6.20 Å². The van der Waals surface area contributed by atoms with E-state index >= 15 is 0 Å². The van der Waals surface area contributed by atoms with Crippen LogP contribution in [0.1, 0.15) is 86.3 Å². The number of rotatable bonds is 6. The van der Waals surface area contributed by atoms with Crippen LogP contribution in [0.2, 0.25) is 0 Å². The highest BCUT2D eigenvalue weighted by Crippen LogP contribution is 2.23. The minimum absolute atomic E-state index is 0.866. The molecular formula is C25H41N3. The summed E-state index contributed by atoms with van der Waals surface area (Å²) in [4.78, 5) is 4.59. The van der Waals surface area contributed by atoms with Crippen LogP contribution in [0.15, 0.2) is 55.5 Å². The Labute approximate surface area is 173 Å². The summed E-state index contributed by atoms with van der Waals surface area (Å²) in [5.74, 6) is 0. The normalized spacial score (nSPS) is 10.7. The van der Waals surface area contributed by atoms with E-state index in [0.717, 1.165) is 40.8 Å². The lowest BCUT2D eigenvalue weighted by Gasteiger charge is -2.04. The molecule has 0 N–H and O–H groups in total. The highest BCUT2D eigenvalue weighted by molar-refractivity contribution is 5.76. The zero-order valence-corrected chi connectivity index (χ0v) is 19.6. The molecule has 0 aliphatic rings. The topological polar surface area (TPSA) is 30.2 Å². The Bertz CT molecular complexity index is 746. The summed E-state index contributed by atoms with van der Waals surface area (Å²) in [6.07, 6.45) is 18.1. The van der Waals surface area contributed by atoms with Gasteiger partial charge in [-0.15, -0.1) is 0 Å². The maximum Gasteiger partial charge on any atom is 0.162 e. The van der Waals surface area contributed by atoms with Gasteiger partial charge in [-0.3, -0.25) is 0 Å². The summed E-state index contributed by atoms with van der Waals surface area (Å²) in [6.45, 7) is 22.2. The lowest BCUT2D eigenvalue weighted by atomic mass is 10.1. The molecule has 2 heterocycles. The Hall–Kier alpha value is -2.42. The van der Waals surface area contributed by atoms with Crippen LogP contribution in [0.3, 0.4) is 0 Å². The standard InChI is InChI=1S/C19H23N3.3C2H6/c1-5-8-9-11-15(4)18-13-21-22-14-17(12-20-19(18)22)16(7-3)10-6-2;3*1-2/h5-8,10,12-14H,4,9,11H2,1-3H3;3*1-2H3/b8-5-,10-6-,16-7+;;;. The summed E-state index contributed by atoms with van der Waals surface area (Å²) >= 11 is 0. The van der Waals surface area contributed by atoms with Gasteiger partial charge in [-0.2, -0.15) is 5.10 Å². The molecule has 0 aromatic carbocycles. The van der Waals surface area contributed by atoms with Crippen LogP contribution >= 0.6 is 0 Å². The van der Waals surface area contributed by atoms with Gasteiger partial charge in [0.2, 0.25) is 0 Å². The first-order chi connectivity index (χ1) is 13.7. The van der Waals surface area contributed by atoms with Gasteiger partial charge in [-0.1, -0.05) is 78.5 Å². The van der Waals surface area contributed by atoms with Crippen molar-refractivity contribution in [1.82, 2.24) is 14.6 Å². The fourth-order valence-electron chi connectivity index (χ4n) is 2.37. The predicted octanol–water partition coefficient (Wildman–Crippen LogP) is 8.16. The summed E-state index contributed by atoms with van der Waals surface area (Å²) in [6, 6.07) is 0. The van der Waals surface area contributed by atoms with Gasteiger partial charge in [-0.05, 0) is 44.8 Å². The van der Waals surface area contributed by atoms with Crippen LogP contribution in [0.5, 0.6) is 0 Å². The molecule has 3 heteroatoms. The highest BCUT2D eigenvalue weighted by atomic mass is 15.2. The average Bonchev–Trinajstić information content (AvgIpc) is 3.19. The molecule has 0 radical (unpaired) electrons. The van der Waals surface area contributed by atoms with E-state index in [1.165, 1.54) is 0 Å². The molecule has 28 heavy (non-hydrogen) atoms. The molecule has 0 aliphatic heterocycles. The Kier molecular flexibility index (Phi) is 17.8. The fraction of sp³-hybridized carbons (Fsp3) is 0.440. The minimum Gasteiger partial charge on any atom is -0.236 e. The molecule has 0 saturated carbocycles. The van der Waals surface area contributed by atoms with Gasteiger partial charge in [0.25, 0.3) is 0 Å². The van der Waals surface area contributed by atoms with Crippen molar-refractivity contribution < 1.29 is 0 Å². The molecule has 2 aromatic heterocycles. The van der Waals surface area contributed by atoms with Gasteiger partial charge in [-0.25, -0.2) is 9.50 Å². The van der Waals surface area contributed by atoms with Crippen molar-refractivity contribution in [2.24, 2.45) is 0 Å². The third-order valence-electron chi connectivity index (χ3n) is 3.58. The second-order valence-corrected chi connectivity index (χ2v) is 5.12. The Balaban J connectivity index is 0. The van der Waals surface area contributed by atoms with Gasteiger partial charge >= 0.3 is 0 Å². The SMILES string of the molecule is C=C(CC/C=C\C)c1cnn2cc(C(/C=C\C)=C/C)cnc12.CC.CC.CC. The molecule has 2 aromatic rings. The number of allylic oxidation sites excluding steroid dienone is 7. The lowest BCUT2D eigenvalue weighted by Crippen LogP contribution is -1.94. The smallest absolute Gasteiger partial charge is 0.162 e. The number of nitrogens with zero attached hydrogens (tertiary/aromatic N) is 3. The zero-order chi connectivity index (χ0) is 21.9. The number of hydrogen-bond acceptors (Lipinski definition) is 2. The third-order valence-corrected chi connectivity index (χ3v) is 3.58. The highest BCUT2D eigenvalue weighted by Gasteiger charge is 2.09. The largest absolute Gasteiger partial charge is 0.236 e. The first kappa shape index (κ1) is 27.8. The van der Waals surface area contributed by atoms with Crippen molar-refractivity contribution in [3.05, 3.63) is 66.7 Å². The summed E-state index contributed by atoms with van der Waals surface area (Å²) in [7, 11) is 0. The Morgan fingerprint density at radius 1 is 1.00 bits per heavy atom. The molecule has 0 aliphatic carbocycles. The van der Waals surface area contributed by atoms with E-state index in [1.807, 2.05) is 91.5 Å². The average molecular weight is 384 g/mol. The first-order valence-electron chi connectivity index (χ1n) is 10.6. The monoisotopic (exact) mass is 383 g/mol. The maximum atomic E-state index is 4.59. The van der Waals surface area contributed by atoms with Crippen molar-refractivity contribution in [1.29, 1.82) is 0 Å². The van der Waals surface area contributed by atoms with Gasteiger partial charge in [0.1, 0.15) is 0 Å². The van der Waals surface area contributed by atoms with E-state index in [0.29, 0.717) is 0 Å². The summed E-state index contributed by atoms with van der Waals surface area (Å²) in [5.41, 5.74) is 5.17. The molecule has 0 bridgehead atoms. The van der Waals surface area contributed by atoms with E-state index in [1.54, 1.807) is 0 Å². The van der Waals surface area contributed by atoms with E-state index in [2.05, 4.69) is 41.0 Å². The van der Waals surface area contributed by atoms with Crippen molar-refractivity contribution >= 4 is 16.8 Å². The number of hydrogen-bond donors (Lipinski definition) is 0. The summed E-state index contributed by atoms with van der Waals surface area (Å²) in [5, 5.41) is 4.43. The molecule has 3 nitrogen and oxygen atoms in total. The molecule has 2 rings (SSSR count). The summed E-state index contributed by atoms with van der Waals surface area (Å²) < 4.78 is 1.83. The van der Waals surface area contributed by atoms with Crippen LogP contribution in [0, 0.1) is 0 Å². The van der Waals surface area contributed by atoms with Crippen LogP contribution in [0.4, 0.5) is 0 Å². The molecule has 0 amide bonds. The molecule has 156 valence electrons. The molecule has 0 spiro atoms. The molecule has 0 fully saturated rings. The fourth-order valence-corrected chi connectivity index (χ4v) is 2.37. The minimum atomic E-state index is 0.866. The van der Waals surface area contributed by atoms with Gasteiger partial charge in [0.15, 0.2) is 5.65 Å². The number of fused-ring (bicyclic) bond motifs is 1. The Morgan fingerprint density at radius 3 is 2.18 bits per heavy atom. The van der Waals surface area contributed by atoms with Gasteiger partial charge in [0, 0.05) is 23.5 Å². The van der Waals surface area contributed by atoms with E-state index < -0.39 is 0 Å².